The lowest BCUT2D eigenvalue weighted by Crippen LogP contribution is -2.26. The maximum Gasteiger partial charge on any atom is 0.330 e. The van der Waals surface area contributed by atoms with Crippen molar-refractivity contribution in [3.63, 3.8) is 0 Å². The number of nitrogens with one attached hydrogen (secondary N) is 3. The summed E-state index contributed by atoms with van der Waals surface area (Å²) in [5, 5.41) is 17.5. The van der Waals surface area contributed by atoms with E-state index in [2.05, 4.69) is 36.5 Å². The topological polar surface area (TPSA) is 159 Å². The van der Waals surface area contributed by atoms with E-state index in [1.54, 1.807) is 31.3 Å². The van der Waals surface area contributed by atoms with Gasteiger partial charge in [0.2, 0.25) is 0 Å². The number of hydrogen-bond donors (Lipinski definition) is 3. The first kappa shape index (κ1) is 45.5. The minimum absolute atomic E-state index is 0.0649. The molecule has 1 aromatic rings. The van der Waals surface area contributed by atoms with E-state index < -0.39 is 11.9 Å². The SMILES string of the molecule is CCCCCC/C=C\C/C=C\CCCCCCC(=O)OCCCCOC(=O)/C=C/COC(=O)CCCNC(=O)c1ccc(N(C)CC(=N)C=N)cc1. The Bertz CT molecular complexity index is 1270. The zero-order valence-corrected chi connectivity index (χ0v) is 31.5. The van der Waals surface area contributed by atoms with Crippen LogP contribution < -0.4 is 10.2 Å². The van der Waals surface area contributed by atoms with Gasteiger partial charge >= 0.3 is 17.9 Å². The summed E-state index contributed by atoms with van der Waals surface area (Å²) in [5.74, 6) is -1.44. The van der Waals surface area contributed by atoms with Gasteiger partial charge in [-0.15, -0.1) is 0 Å². The second kappa shape index (κ2) is 31.2. The van der Waals surface area contributed by atoms with Crippen LogP contribution in [0.25, 0.3) is 0 Å². The van der Waals surface area contributed by atoms with E-state index in [1.807, 2.05) is 4.90 Å². The van der Waals surface area contributed by atoms with Crippen molar-refractivity contribution in [1.29, 1.82) is 10.8 Å². The first-order valence-electron chi connectivity index (χ1n) is 18.9. The number of rotatable bonds is 31. The molecule has 0 fully saturated rings. The maximum atomic E-state index is 12.4. The third-order valence-electron chi connectivity index (χ3n) is 7.97. The molecule has 288 valence electrons. The lowest BCUT2D eigenvalue weighted by Gasteiger charge is -2.18. The van der Waals surface area contributed by atoms with Gasteiger partial charge in [-0.25, -0.2) is 4.79 Å². The summed E-state index contributed by atoms with van der Waals surface area (Å²) < 4.78 is 15.5. The van der Waals surface area contributed by atoms with Gasteiger partial charge in [-0.1, -0.05) is 63.3 Å². The van der Waals surface area contributed by atoms with Gasteiger partial charge in [0.15, 0.2) is 0 Å². The standard InChI is InChI=1S/C41H62N4O7/c1-3-4-5-6-7-8-9-10-11-12-13-14-15-16-17-22-38(46)50-30-18-19-31-51-40(48)24-21-32-52-39(47)23-20-29-44-41(49)35-25-27-37(28-26-35)45(2)34-36(43)33-42/h8-9,11-12,21,24-28,33,42-43H,3-7,10,13-20,22-23,29-32,34H2,1-2H3,(H,44,49)/b9-8-,12-11-,24-21+,42-33?,43-36?. The Morgan fingerprint density at radius 2 is 1.35 bits per heavy atom. The molecule has 1 rings (SSSR count). The van der Waals surface area contributed by atoms with Crippen molar-refractivity contribution < 1.29 is 33.4 Å². The Hall–Kier alpha value is -4.54. The molecule has 0 heterocycles. The normalized spacial score (nSPS) is 11.2. The summed E-state index contributed by atoms with van der Waals surface area (Å²) in [6.07, 6.45) is 27.3. The van der Waals surface area contributed by atoms with E-state index >= 15 is 0 Å². The van der Waals surface area contributed by atoms with Crippen LogP contribution in [-0.4, -0.2) is 75.7 Å². The van der Waals surface area contributed by atoms with Gasteiger partial charge in [-0.2, -0.15) is 0 Å². The molecule has 0 aliphatic heterocycles. The van der Waals surface area contributed by atoms with Crippen molar-refractivity contribution >= 4 is 41.4 Å². The number of carbonyl (C=O) groups excluding carboxylic acids is 4. The second-order valence-electron chi connectivity index (χ2n) is 12.6. The first-order valence-corrected chi connectivity index (χ1v) is 18.9. The number of allylic oxidation sites excluding steroid dienone is 4. The lowest BCUT2D eigenvalue weighted by atomic mass is 10.1. The molecule has 0 aromatic heterocycles. The summed E-state index contributed by atoms with van der Waals surface area (Å²) >= 11 is 0. The minimum atomic E-state index is -0.540. The number of esters is 3. The zero-order chi connectivity index (χ0) is 38.1. The largest absolute Gasteiger partial charge is 0.466 e. The predicted octanol–water partition coefficient (Wildman–Crippen LogP) is 8.08. The van der Waals surface area contributed by atoms with Crippen molar-refractivity contribution in [2.45, 2.75) is 110 Å². The van der Waals surface area contributed by atoms with Crippen molar-refractivity contribution in [1.82, 2.24) is 5.32 Å². The zero-order valence-electron chi connectivity index (χ0n) is 31.5. The lowest BCUT2D eigenvalue weighted by molar-refractivity contribution is -0.144. The number of carbonyl (C=O) groups is 4. The third kappa shape index (κ3) is 25.4. The van der Waals surface area contributed by atoms with Crippen LogP contribution in [0.1, 0.15) is 120 Å². The van der Waals surface area contributed by atoms with E-state index in [9.17, 15) is 19.2 Å². The van der Waals surface area contributed by atoms with Gasteiger partial charge in [-0.3, -0.25) is 14.4 Å². The highest BCUT2D eigenvalue weighted by Crippen LogP contribution is 2.14. The highest BCUT2D eigenvalue weighted by molar-refractivity contribution is 6.29. The summed E-state index contributed by atoms with van der Waals surface area (Å²) in [6.45, 7) is 3.26. The van der Waals surface area contributed by atoms with Crippen LogP contribution in [-0.2, 0) is 28.6 Å². The molecule has 0 unspecified atom stereocenters. The van der Waals surface area contributed by atoms with Crippen molar-refractivity contribution in [3.05, 3.63) is 66.3 Å². The first-order chi connectivity index (χ1) is 25.3. The van der Waals surface area contributed by atoms with E-state index in [4.69, 9.17) is 25.0 Å². The average molecular weight is 723 g/mol. The number of hydrogen-bond acceptors (Lipinski definition) is 10. The van der Waals surface area contributed by atoms with Gasteiger partial charge in [0.05, 0.1) is 25.5 Å². The second-order valence-corrected chi connectivity index (χ2v) is 12.6. The molecule has 0 bridgehead atoms. The van der Waals surface area contributed by atoms with Crippen LogP contribution >= 0.6 is 0 Å². The number of ether oxygens (including phenoxy) is 3. The van der Waals surface area contributed by atoms with E-state index in [0.717, 1.165) is 50.4 Å². The summed E-state index contributed by atoms with van der Waals surface area (Å²) in [4.78, 5) is 49.9. The molecule has 0 aliphatic rings. The van der Waals surface area contributed by atoms with Crippen LogP contribution in [0.4, 0.5) is 5.69 Å². The summed E-state index contributed by atoms with van der Waals surface area (Å²) in [6, 6.07) is 6.90. The number of benzene rings is 1. The quantitative estimate of drug-likeness (QED) is 0.0173. The summed E-state index contributed by atoms with van der Waals surface area (Å²) in [7, 11) is 1.80. The predicted molar refractivity (Wildman–Crippen MR) is 208 cm³/mol. The van der Waals surface area contributed by atoms with Crippen LogP contribution in [0.15, 0.2) is 60.7 Å². The molecule has 52 heavy (non-hydrogen) atoms. The minimum Gasteiger partial charge on any atom is -0.466 e. The molecular weight excluding hydrogens is 660 g/mol. The van der Waals surface area contributed by atoms with E-state index in [1.165, 1.54) is 44.3 Å². The Kier molecular flexibility index (Phi) is 27.3. The van der Waals surface area contributed by atoms with E-state index in [0.29, 0.717) is 50.9 Å². The number of nitrogens with zero attached hydrogens (tertiary/aromatic N) is 1. The van der Waals surface area contributed by atoms with Gasteiger partial charge in [0.25, 0.3) is 5.91 Å². The fourth-order valence-electron chi connectivity index (χ4n) is 4.92. The Morgan fingerprint density at radius 1 is 0.731 bits per heavy atom. The molecule has 0 aliphatic carbocycles. The molecule has 1 amide bonds. The van der Waals surface area contributed by atoms with Crippen molar-refractivity contribution in [2.24, 2.45) is 0 Å². The Labute approximate surface area is 311 Å². The highest BCUT2D eigenvalue weighted by atomic mass is 16.5. The smallest absolute Gasteiger partial charge is 0.330 e. The molecule has 1 aromatic carbocycles. The Balaban J connectivity index is 1.97. The van der Waals surface area contributed by atoms with Crippen LogP contribution in [0.2, 0.25) is 0 Å². The van der Waals surface area contributed by atoms with Gasteiger partial charge in [0, 0.05) is 50.0 Å². The fraction of sp³-hybridized carbons (Fsp3) is 0.561. The molecule has 0 saturated carbocycles. The molecule has 11 heteroatoms. The van der Waals surface area contributed by atoms with Gasteiger partial charge < -0.3 is 35.2 Å². The number of amides is 1. The van der Waals surface area contributed by atoms with Crippen LogP contribution in [0, 0.1) is 10.8 Å². The molecule has 0 spiro atoms. The van der Waals surface area contributed by atoms with Crippen LogP contribution in [0.5, 0.6) is 0 Å². The molecule has 0 atom stereocenters. The molecule has 11 nitrogen and oxygen atoms in total. The summed E-state index contributed by atoms with van der Waals surface area (Å²) in [5.41, 5.74) is 1.47. The monoisotopic (exact) mass is 722 g/mol. The maximum absolute atomic E-state index is 12.4. The number of unbranched alkanes of at least 4 members (excludes halogenated alkanes) is 9. The molecular formula is C41H62N4O7. The Morgan fingerprint density at radius 3 is 2.02 bits per heavy atom. The fourth-order valence-corrected chi connectivity index (χ4v) is 4.92. The van der Waals surface area contributed by atoms with Crippen molar-refractivity contribution in [3.8, 4) is 0 Å². The average Bonchev–Trinajstić information content (AvgIpc) is 3.14. The van der Waals surface area contributed by atoms with Crippen molar-refractivity contribution in [2.75, 3.05) is 44.9 Å². The highest BCUT2D eigenvalue weighted by Gasteiger charge is 2.09. The van der Waals surface area contributed by atoms with Gasteiger partial charge in [-0.05, 0) is 88.1 Å². The van der Waals surface area contributed by atoms with E-state index in [-0.39, 0.29) is 37.2 Å². The molecule has 3 N–H and O–H groups in total. The number of anilines is 1. The third-order valence-corrected chi connectivity index (χ3v) is 7.97. The molecule has 0 saturated heterocycles. The van der Waals surface area contributed by atoms with Crippen LogP contribution in [0.3, 0.4) is 0 Å². The molecule has 0 radical (unpaired) electrons. The van der Waals surface area contributed by atoms with Gasteiger partial charge in [0.1, 0.15) is 6.61 Å².